The van der Waals surface area contributed by atoms with Gasteiger partial charge in [0.1, 0.15) is 6.54 Å². The van der Waals surface area contributed by atoms with Gasteiger partial charge < -0.3 is 4.57 Å². The van der Waals surface area contributed by atoms with E-state index in [2.05, 4.69) is 31.0 Å². The van der Waals surface area contributed by atoms with Crippen molar-refractivity contribution in [2.45, 2.75) is 25.7 Å². The Labute approximate surface area is 235 Å². The zero-order chi connectivity index (χ0) is 27.4. The Hall–Kier alpha value is -3.40. The molecule has 0 aliphatic rings. The van der Waals surface area contributed by atoms with Gasteiger partial charge in [0.25, 0.3) is 15.9 Å². The highest BCUT2D eigenvalue weighted by Gasteiger charge is 2.28. The van der Waals surface area contributed by atoms with Gasteiger partial charge in [-0.3, -0.25) is 9.10 Å². The fraction of sp³-hybridized carbons (Fsp3) is 0.143. The summed E-state index contributed by atoms with van der Waals surface area (Å²) in [5.74, 6) is -0.612. The second kappa shape index (κ2) is 11.6. The Bertz CT molecular complexity index is 1600. The normalized spacial score (nSPS) is 11.6. The van der Waals surface area contributed by atoms with Gasteiger partial charge in [0.2, 0.25) is 0 Å². The molecule has 1 amide bonds. The molecule has 4 rings (SSSR count). The lowest BCUT2D eigenvalue weighted by molar-refractivity contribution is -0.119. The van der Waals surface area contributed by atoms with Crippen LogP contribution in [-0.2, 0) is 14.8 Å². The molecule has 10 heteroatoms. The Morgan fingerprint density at radius 3 is 2.34 bits per heavy atom. The summed E-state index contributed by atoms with van der Waals surface area (Å²) in [5, 5.41) is 4.31. The second-order valence-corrected chi connectivity index (χ2v) is 11.9. The zero-order valence-electron chi connectivity index (χ0n) is 21.0. The highest BCUT2D eigenvalue weighted by Crippen LogP contribution is 2.30. The lowest BCUT2D eigenvalue weighted by Gasteiger charge is -2.24. The van der Waals surface area contributed by atoms with Crippen LogP contribution in [0.1, 0.15) is 22.5 Å². The molecule has 0 saturated carbocycles. The predicted octanol–water partition coefficient (Wildman–Crippen LogP) is 6.16. The number of aromatic nitrogens is 1. The lowest BCUT2D eigenvalue weighted by atomic mass is 10.2. The van der Waals surface area contributed by atoms with Crippen molar-refractivity contribution >= 4 is 55.4 Å². The summed E-state index contributed by atoms with van der Waals surface area (Å²) in [5.41, 5.74) is 7.35. The third-order valence-corrected chi connectivity index (χ3v) is 8.59. The van der Waals surface area contributed by atoms with E-state index in [1.54, 1.807) is 42.6 Å². The highest BCUT2D eigenvalue weighted by molar-refractivity contribution is 9.10. The molecule has 0 fully saturated rings. The molecule has 0 saturated heterocycles. The molecule has 7 nitrogen and oxygen atoms in total. The summed E-state index contributed by atoms with van der Waals surface area (Å²) < 4.78 is 31.1. The summed E-state index contributed by atoms with van der Waals surface area (Å²) in [7, 11) is -4.08. The summed E-state index contributed by atoms with van der Waals surface area (Å²) >= 11 is 9.78. The smallest absolute Gasteiger partial charge is 0.264 e. The molecule has 0 atom stereocenters. The average molecular weight is 614 g/mol. The van der Waals surface area contributed by atoms with Gasteiger partial charge in [-0.15, -0.1) is 0 Å². The van der Waals surface area contributed by atoms with E-state index >= 15 is 0 Å². The van der Waals surface area contributed by atoms with Crippen molar-refractivity contribution in [1.82, 2.24) is 9.99 Å². The number of carbonyl (C=O) groups excluding carboxylic acids is 1. The van der Waals surface area contributed by atoms with E-state index in [0.717, 1.165) is 37.0 Å². The number of aryl methyl sites for hydroxylation is 2. The summed E-state index contributed by atoms with van der Waals surface area (Å²) in [6.07, 6.45) is 1.55. The molecule has 4 aromatic rings. The van der Waals surface area contributed by atoms with Crippen LogP contribution in [0.5, 0.6) is 0 Å². The number of para-hydroxylation sites is 1. The number of halogens is 2. The van der Waals surface area contributed by atoms with Crippen LogP contribution in [-0.4, -0.2) is 31.7 Å². The lowest BCUT2D eigenvalue weighted by Crippen LogP contribution is -2.39. The average Bonchev–Trinajstić information content (AvgIpc) is 3.16. The van der Waals surface area contributed by atoms with Crippen LogP contribution < -0.4 is 9.73 Å². The topological polar surface area (TPSA) is 83.8 Å². The van der Waals surface area contributed by atoms with Crippen molar-refractivity contribution in [3.8, 4) is 5.69 Å². The first-order valence-corrected chi connectivity index (χ1v) is 14.3. The second-order valence-electron chi connectivity index (χ2n) is 8.71. The van der Waals surface area contributed by atoms with Crippen molar-refractivity contribution in [3.05, 3.63) is 111 Å². The van der Waals surface area contributed by atoms with Crippen LogP contribution >= 0.6 is 27.5 Å². The van der Waals surface area contributed by atoms with Crippen LogP contribution in [0.2, 0.25) is 5.02 Å². The minimum atomic E-state index is -4.08. The monoisotopic (exact) mass is 612 g/mol. The molecule has 0 aliphatic heterocycles. The van der Waals surface area contributed by atoms with Crippen LogP contribution in [0.25, 0.3) is 5.69 Å². The molecule has 1 heterocycles. The zero-order valence-corrected chi connectivity index (χ0v) is 24.2. The fourth-order valence-electron chi connectivity index (χ4n) is 4.04. The highest BCUT2D eigenvalue weighted by atomic mass is 79.9. The number of anilines is 1. The largest absolute Gasteiger partial charge is 0.318 e. The maximum atomic E-state index is 13.5. The number of hydrogen-bond donors (Lipinski definition) is 1. The van der Waals surface area contributed by atoms with Crippen molar-refractivity contribution < 1.29 is 13.2 Å². The molecule has 1 aromatic heterocycles. The Kier molecular flexibility index (Phi) is 8.40. The number of benzene rings is 3. The van der Waals surface area contributed by atoms with Crippen molar-refractivity contribution in [1.29, 1.82) is 0 Å². The number of sulfonamides is 1. The van der Waals surface area contributed by atoms with Gasteiger partial charge in [-0.05, 0) is 75.4 Å². The molecule has 0 radical (unpaired) electrons. The molecule has 196 valence electrons. The van der Waals surface area contributed by atoms with E-state index in [9.17, 15) is 13.2 Å². The van der Waals surface area contributed by atoms with Crippen LogP contribution in [0, 0.1) is 20.8 Å². The van der Waals surface area contributed by atoms with Crippen molar-refractivity contribution in [2.24, 2.45) is 5.10 Å². The van der Waals surface area contributed by atoms with Gasteiger partial charge in [0, 0.05) is 27.1 Å². The molecular formula is C28H26BrClN4O3S. The quantitative estimate of drug-likeness (QED) is 0.191. The van der Waals surface area contributed by atoms with Gasteiger partial charge >= 0.3 is 0 Å². The Balaban J connectivity index is 1.56. The first-order valence-electron chi connectivity index (χ1n) is 11.7. The van der Waals surface area contributed by atoms with E-state index in [4.69, 9.17) is 11.6 Å². The number of amides is 1. The van der Waals surface area contributed by atoms with Gasteiger partial charge in [0.05, 0.1) is 21.8 Å². The number of hydrogen-bond acceptors (Lipinski definition) is 4. The molecule has 0 bridgehead atoms. The van der Waals surface area contributed by atoms with E-state index in [0.29, 0.717) is 0 Å². The predicted molar refractivity (Wildman–Crippen MR) is 156 cm³/mol. The Morgan fingerprint density at radius 1 is 1.03 bits per heavy atom. The van der Waals surface area contributed by atoms with Crippen molar-refractivity contribution in [3.63, 3.8) is 0 Å². The third kappa shape index (κ3) is 6.01. The summed E-state index contributed by atoms with van der Waals surface area (Å²) in [4.78, 5) is 12.9. The molecule has 38 heavy (non-hydrogen) atoms. The maximum Gasteiger partial charge on any atom is 0.264 e. The molecule has 0 spiro atoms. The molecule has 0 aliphatic carbocycles. The number of carbonyl (C=O) groups is 1. The van der Waals surface area contributed by atoms with E-state index in [-0.39, 0.29) is 15.6 Å². The van der Waals surface area contributed by atoms with Crippen molar-refractivity contribution in [2.75, 3.05) is 10.8 Å². The number of rotatable bonds is 8. The summed E-state index contributed by atoms with van der Waals surface area (Å²) in [6, 6.07) is 22.8. The van der Waals surface area contributed by atoms with Gasteiger partial charge in [-0.25, -0.2) is 13.8 Å². The standard InChI is InChI=1S/C28H26BrClN4O3S/c1-19-8-14-25(15-9-19)38(36,37)33(27-7-5-4-6-26(27)30)18-28(35)32-31-17-22-16-20(2)34(21(22)3)24-12-10-23(29)11-13-24/h4-17H,18H2,1-3H3,(H,32,35)/b31-17+. The minimum absolute atomic E-state index is 0.0553. The minimum Gasteiger partial charge on any atom is -0.318 e. The first-order chi connectivity index (χ1) is 18.1. The molecule has 1 N–H and O–H groups in total. The number of hydrazone groups is 1. The van der Waals surface area contributed by atoms with E-state index in [1.807, 2.05) is 51.1 Å². The van der Waals surface area contributed by atoms with Crippen LogP contribution in [0.15, 0.2) is 93.3 Å². The Morgan fingerprint density at radius 2 is 1.68 bits per heavy atom. The van der Waals surface area contributed by atoms with Gasteiger partial charge in [-0.2, -0.15) is 5.10 Å². The van der Waals surface area contributed by atoms with E-state index in [1.165, 1.54) is 12.1 Å². The number of nitrogens with one attached hydrogen (secondary N) is 1. The number of nitrogens with zero attached hydrogens (tertiary/aromatic N) is 3. The molecular weight excluding hydrogens is 588 g/mol. The van der Waals surface area contributed by atoms with Gasteiger partial charge in [0.15, 0.2) is 0 Å². The van der Waals surface area contributed by atoms with Crippen LogP contribution in [0.4, 0.5) is 5.69 Å². The van der Waals surface area contributed by atoms with E-state index < -0.39 is 22.5 Å². The first kappa shape index (κ1) is 27.6. The van der Waals surface area contributed by atoms with Crippen LogP contribution in [0.3, 0.4) is 0 Å². The summed E-state index contributed by atoms with van der Waals surface area (Å²) in [6.45, 7) is 5.31. The molecule has 0 unspecified atom stereocenters. The third-order valence-electron chi connectivity index (χ3n) is 5.97. The molecule has 3 aromatic carbocycles. The maximum absolute atomic E-state index is 13.5. The SMILES string of the molecule is Cc1ccc(S(=O)(=O)N(CC(=O)N/N=C/c2cc(C)n(-c3ccc(Br)cc3)c2C)c2ccccc2Cl)cc1. The van der Waals surface area contributed by atoms with Gasteiger partial charge in [-0.1, -0.05) is 57.4 Å². The fourth-order valence-corrected chi connectivity index (χ4v) is 6.03.